The second-order valence-corrected chi connectivity index (χ2v) is 9.40. The Morgan fingerprint density at radius 1 is 1.26 bits per heavy atom. The zero-order valence-corrected chi connectivity index (χ0v) is 21.1. The van der Waals surface area contributed by atoms with Crippen LogP contribution in [0.1, 0.15) is 12.5 Å². The fraction of sp³-hybridized carbons (Fsp3) is 0.190. The molecule has 1 aliphatic rings. The van der Waals surface area contributed by atoms with Gasteiger partial charge in [-0.2, -0.15) is 0 Å². The highest BCUT2D eigenvalue weighted by molar-refractivity contribution is 14.1. The summed E-state index contributed by atoms with van der Waals surface area (Å²) in [5.41, 5.74) is 1.40. The number of carbonyl (C=O) groups is 2. The van der Waals surface area contributed by atoms with Crippen molar-refractivity contribution in [2.75, 3.05) is 25.2 Å². The second kappa shape index (κ2) is 10.7. The van der Waals surface area contributed by atoms with Crippen LogP contribution >= 0.6 is 58.2 Å². The van der Waals surface area contributed by atoms with Gasteiger partial charge in [-0.05, 0) is 77.6 Å². The summed E-state index contributed by atoms with van der Waals surface area (Å²) in [5.74, 6) is 0.209. The first-order valence-corrected chi connectivity index (χ1v) is 11.7. The number of ether oxygens (including phenoxy) is 3. The molecule has 1 saturated heterocycles. The van der Waals surface area contributed by atoms with E-state index < -0.39 is 5.97 Å². The molecule has 1 heterocycles. The summed E-state index contributed by atoms with van der Waals surface area (Å²) in [6.07, 6.45) is 1.75. The third-order valence-corrected chi connectivity index (χ3v) is 6.43. The maximum atomic E-state index is 13.0. The van der Waals surface area contributed by atoms with Crippen LogP contribution in [0.2, 0.25) is 5.02 Å². The van der Waals surface area contributed by atoms with Crippen LogP contribution in [0, 0.1) is 3.57 Å². The summed E-state index contributed by atoms with van der Waals surface area (Å²) in [6.45, 7) is 2.03. The van der Waals surface area contributed by atoms with E-state index in [4.69, 9.17) is 33.3 Å². The van der Waals surface area contributed by atoms with Crippen LogP contribution in [0.3, 0.4) is 0 Å². The molecule has 0 N–H and O–H groups in total. The topological polar surface area (TPSA) is 65.1 Å². The number of hydrogen-bond donors (Lipinski definition) is 0. The van der Waals surface area contributed by atoms with Crippen molar-refractivity contribution in [3.63, 3.8) is 0 Å². The zero-order valence-electron chi connectivity index (χ0n) is 16.5. The number of nitrogens with zero attached hydrogens (tertiary/aromatic N) is 1. The smallest absolute Gasteiger partial charge is 0.343 e. The third kappa shape index (κ3) is 5.71. The molecule has 1 fully saturated rings. The van der Waals surface area contributed by atoms with Crippen molar-refractivity contribution in [1.82, 2.24) is 0 Å². The van der Waals surface area contributed by atoms with Gasteiger partial charge in [-0.1, -0.05) is 35.6 Å². The molecule has 0 atom stereocenters. The standard InChI is InChI=1S/C21H17ClINO5S2/c1-3-28-16-9-12(8-15(23)19(16)29-11-18(25)27-2)10-17-20(26)24(21(30)31-17)14-6-4-13(22)5-7-14/h4-10H,3,11H2,1-2H3/b17-10-. The van der Waals surface area contributed by atoms with Crippen LogP contribution < -0.4 is 14.4 Å². The number of thiocarbonyl (C=S) groups is 1. The highest BCUT2D eigenvalue weighted by Gasteiger charge is 2.33. The van der Waals surface area contributed by atoms with E-state index in [2.05, 4.69) is 27.3 Å². The van der Waals surface area contributed by atoms with Crippen LogP contribution in [0.15, 0.2) is 41.3 Å². The Balaban J connectivity index is 1.90. The van der Waals surface area contributed by atoms with Gasteiger partial charge in [0.25, 0.3) is 5.91 Å². The van der Waals surface area contributed by atoms with Crippen molar-refractivity contribution in [2.24, 2.45) is 0 Å². The molecule has 6 nitrogen and oxygen atoms in total. The van der Waals surface area contributed by atoms with Crippen molar-refractivity contribution in [2.45, 2.75) is 6.92 Å². The molecule has 162 valence electrons. The molecule has 0 spiro atoms. The molecule has 1 aliphatic heterocycles. The summed E-state index contributed by atoms with van der Waals surface area (Å²) < 4.78 is 17.1. The second-order valence-electron chi connectivity index (χ2n) is 6.12. The molecule has 0 unspecified atom stereocenters. The van der Waals surface area contributed by atoms with Gasteiger partial charge in [-0.25, -0.2) is 4.79 Å². The predicted molar refractivity (Wildman–Crippen MR) is 135 cm³/mol. The van der Waals surface area contributed by atoms with Gasteiger partial charge in [0.1, 0.15) is 0 Å². The quantitative estimate of drug-likeness (QED) is 0.188. The molecular formula is C21H17ClINO5S2. The van der Waals surface area contributed by atoms with E-state index in [9.17, 15) is 9.59 Å². The molecule has 2 aromatic carbocycles. The number of hydrogen-bond acceptors (Lipinski definition) is 7. The Bertz CT molecular complexity index is 1060. The minimum Gasteiger partial charge on any atom is -0.490 e. The average Bonchev–Trinajstić information content (AvgIpc) is 3.01. The minimum absolute atomic E-state index is 0.212. The summed E-state index contributed by atoms with van der Waals surface area (Å²) >= 11 is 14.7. The van der Waals surface area contributed by atoms with Crippen molar-refractivity contribution >= 4 is 86.1 Å². The van der Waals surface area contributed by atoms with Crippen LogP contribution in [0.5, 0.6) is 11.5 Å². The molecule has 0 saturated carbocycles. The number of methoxy groups -OCH3 is 1. The van der Waals surface area contributed by atoms with Gasteiger partial charge in [0.2, 0.25) is 0 Å². The first-order chi connectivity index (χ1) is 14.8. The molecule has 1 amide bonds. The van der Waals surface area contributed by atoms with Gasteiger partial charge in [0.15, 0.2) is 22.4 Å². The maximum Gasteiger partial charge on any atom is 0.343 e. The number of rotatable bonds is 7. The molecule has 10 heteroatoms. The number of anilines is 1. The fourth-order valence-electron chi connectivity index (χ4n) is 2.70. The number of benzene rings is 2. The van der Waals surface area contributed by atoms with E-state index in [0.717, 1.165) is 9.13 Å². The Kier molecular flexibility index (Phi) is 8.20. The summed E-state index contributed by atoms with van der Waals surface area (Å²) in [7, 11) is 1.30. The van der Waals surface area contributed by atoms with E-state index in [-0.39, 0.29) is 12.5 Å². The molecular weight excluding hydrogens is 573 g/mol. The summed E-state index contributed by atoms with van der Waals surface area (Å²) in [5, 5.41) is 0.581. The van der Waals surface area contributed by atoms with Crippen molar-refractivity contribution in [3.8, 4) is 11.5 Å². The highest BCUT2D eigenvalue weighted by atomic mass is 127. The predicted octanol–water partition coefficient (Wildman–Crippen LogP) is 5.30. The number of amides is 1. The monoisotopic (exact) mass is 589 g/mol. The molecule has 0 radical (unpaired) electrons. The normalized spacial score (nSPS) is 14.8. The van der Waals surface area contributed by atoms with Crippen LogP contribution in [-0.2, 0) is 14.3 Å². The maximum absolute atomic E-state index is 13.0. The number of thioether (sulfide) groups is 1. The van der Waals surface area contributed by atoms with Gasteiger partial charge in [-0.3, -0.25) is 9.69 Å². The highest BCUT2D eigenvalue weighted by Crippen LogP contribution is 2.39. The van der Waals surface area contributed by atoms with Crippen molar-refractivity contribution in [1.29, 1.82) is 0 Å². The number of carbonyl (C=O) groups excluding carboxylic acids is 2. The fourth-order valence-corrected chi connectivity index (χ4v) is 4.90. The lowest BCUT2D eigenvalue weighted by molar-refractivity contribution is -0.142. The van der Waals surface area contributed by atoms with Gasteiger partial charge in [0.05, 0.1) is 27.9 Å². The lowest BCUT2D eigenvalue weighted by Gasteiger charge is -2.15. The van der Waals surface area contributed by atoms with Gasteiger partial charge >= 0.3 is 5.97 Å². The lowest BCUT2D eigenvalue weighted by atomic mass is 10.1. The minimum atomic E-state index is -0.492. The Morgan fingerprint density at radius 2 is 1.97 bits per heavy atom. The first kappa shape index (κ1) is 23.8. The summed E-state index contributed by atoms with van der Waals surface area (Å²) in [4.78, 5) is 26.4. The first-order valence-electron chi connectivity index (χ1n) is 9.03. The molecule has 0 bridgehead atoms. The van der Waals surface area contributed by atoms with E-state index in [1.54, 1.807) is 36.4 Å². The Labute approximate surface area is 208 Å². The van der Waals surface area contributed by atoms with E-state index >= 15 is 0 Å². The van der Waals surface area contributed by atoms with Gasteiger partial charge < -0.3 is 14.2 Å². The van der Waals surface area contributed by atoms with Crippen LogP contribution in [0.4, 0.5) is 5.69 Å². The van der Waals surface area contributed by atoms with Crippen molar-refractivity contribution in [3.05, 3.63) is 55.5 Å². The Hall–Kier alpha value is -1.82. The molecule has 31 heavy (non-hydrogen) atoms. The molecule has 2 aromatic rings. The molecule has 3 rings (SSSR count). The SMILES string of the molecule is CCOc1cc(/C=C2\SC(=S)N(c3ccc(Cl)cc3)C2=O)cc(I)c1OCC(=O)OC. The number of esters is 1. The van der Waals surface area contributed by atoms with Gasteiger partial charge in [0, 0.05) is 5.02 Å². The largest absolute Gasteiger partial charge is 0.490 e. The van der Waals surface area contributed by atoms with Crippen LogP contribution in [0.25, 0.3) is 6.08 Å². The Morgan fingerprint density at radius 3 is 2.61 bits per heavy atom. The lowest BCUT2D eigenvalue weighted by Crippen LogP contribution is -2.27. The third-order valence-electron chi connectivity index (χ3n) is 4.07. The number of halogens is 2. The molecule has 0 aromatic heterocycles. The van der Waals surface area contributed by atoms with Gasteiger partial charge in [-0.15, -0.1) is 0 Å². The van der Waals surface area contributed by atoms with E-state index in [1.807, 2.05) is 13.0 Å². The van der Waals surface area contributed by atoms with E-state index in [0.29, 0.717) is 38.0 Å². The average molecular weight is 590 g/mol. The summed E-state index contributed by atoms with van der Waals surface area (Å²) in [6, 6.07) is 10.5. The zero-order chi connectivity index (χ0) is 22.5. The van der Waals surface area contributed by atoms with Crippen molar-refractivity contribution < 1.29 is 23.8 Å². The van der Waals surface area contributed by atoms with E-state index in [1.165, 1.54) is 23.8 Å². The molecule has 0 aliphatic carbocycles. The van der Waals surface area contributed by atoms with Crippen LogP contribution in [-0.4, -0.2) is 36.5 Å².